The minimum Gasteiger partial charge on any atom is -0.325 e. The normalized spacial score (nSPS) is 12.5. The monoisotopic (exact) mass is 180 g/mol. The van der Waals surface area contributed by atoms with E-state index in [2.05, 4.69) is 5.32 Å². The summed E-state index contributed by atoms with van der Waals surface area (Å²) in [5.41, 5.74) is 4.89. The van der Waals surface area contributed by atoms with Gasteiger partial charge in [0.1, 0.15) is 0 Å². The fourth-order valence-corrected chi connectivity index (χ4v) is 0.943. The summed E-state index contributed by atoms with van der Waals surface area (Å²) >= 11 is 0. The van der Waals surface area contributed by atoms with Crippen LogP contribution in [0.1, 0.15) is 26.7 Å². The minimum atomic E-state index is -2.76. The van der Waals surface area contributed by atoms with Crippen molar-refractivity contribution in [1.82, 2.24) is 5.32 Å². The molecule has 0 radical (unpaired) electrons. The van der Waals surface area contributed by atoms with E-state index >= 15 is 0 Å². The molecule has 12 heavy (non-hydrogen) atoms. The highest BCUT2D eigenvalue weighted by atomic mass is 19.3. The van der Waals surface area contributed by atoms with Crippen LogP contribution in [0.2, 0.25) is 0 Å². The van der Waals surface area contributed by atoms with Crippen molar-refractivity contribution in [2.24, 2.45) is 5.73 Å². The molecule has 4 heteroatoms. The topological polar surface area (TPSA) is 38.0 Å². The summed E-state index contributed by atoms with van der Waals surface area (Å²) in [6.45, 7) is 3.06. The van der Waals surface area contributed by atoms with Gasteiger partial charge in [0.05, 0.1) is 13.1 Å². The Hall–Kier alpha value is -0.220. The largest absolute Gasteiger partial charge is 0.325 e. The minimum absolute atomic E-state index is 0.183. The lowest BCUT2D eigenvalue weighted by Gasteiger charge is -2.19. The van der Waals surface area contributed by atoms with Gasteiger partial charge in [0.25, 0.3) is 5.92 Å². The molecule has 2 nitrogen and oxygen atoms in total. The van der Waals surface area contributed by atoms with E-state index in [1.807, 2.05) is 13.8 Å². The lowest BCUT2D eigenvalue weighted by Crippen LogP contribution is -2.42. The van der Waals surface area contributed by atoms with Crippen LogP contribution in [-0.4, -0.2) is 25.1 Å². The molecule has 3 N–H and O–H groups in total. The lowest BCUT2D eigenvalue weighted by atomic mass is 10.1. The molecule has 0 aliphatic rings. The Labute approximate surface area is 72.5 Å². The SMILES string of the molecule is CCC(CC)NCC(F)(F)CN. The van der Waals surface area contributed by atoms with E-state index < -0.39 is 12.5 Å². The van der Waals surface area contributed by atoms with Crippen LogP contribution in [0.5, 0.6) is 0 Å². The van der Waals surface area contributed by atoms with E-state index in [0.717, 1.165) is 12.8 Å². The number of nitrogens with one attached hydrogen (secondary N) is 1. The summed E-state index contributed by atoms with van der Waals surface area (Å²) in [7, 11) is 0. The van der Waals surface area contributed by atoms with Gasteiger partial charge in [0, 0.05) is 6.04 Å². The maximum absolute atomic E-state index is 12.6. The molecule has 0 amide bonds. The summed E-state index contributed by atoms with van der Waals surface area (Å²) in [6, 6.07) is 0.183. The van der Waals surface area contributed by atoms with E-state index in [9.17, 15) is 8.78 Å². The third-order valence-corrected chi connectivity index (χ3v) is 1.93. The molecular formula is C8H18F2N2. The molecule has 0 aromatic carbocycles. The van der Waals surface area contributed by atoms with Gasteiger partial charge in [0.15, 0.2) is 0 Å². The number of nitrogens with two attached hydrogens (primary N) is 1. The van der Waals surface area contributed by atoms with E-state index in [-0.39, 0.29) is 12.6 Å². The summed E-state index contributed by atoms with van der Waals surface area (Å²) in [5.74, 6) is -2.76. The molecule has 0 atom stereocenters. The molecule has 74 valence electrons. The van der Waals surface area contributed by atoms with E-state index in [1.165, 1.54) is 0 Å². The van der Waals surface area contributed by atoms with Gasteiger partial charge in [-0.05, 0) is 12.8 Å². The summed E-state index contributed by atoms with van der Waals surface area (Å²) < 4.78 is 25.2. The molecule has 0 fully saturated rings. The highest BCUT2D eigenvalue weighted by Crippen LogP contribution is 2.10. The molecule has 0 heterocycles. The predicted octanol–water partition coefficient (Wildman–Crippen LogP) is 1.36. The maximum Gasteiger partial charge on any atom is 0.272 e. The van der Waals surface area contributed by atoms with Crippen molar-refractivity contribution in [3.63, 3.8) is 0 Å². The molecule has 0 spiro atoms. The van der Waals surface area contributed by atoms with Crippen molar-refractivity contribution < 1.29 is 8.78 Å². The average molecular weight is 180 g/mol. The number of hydrogen-bond donors (Lipinski definition) is 2. The van der Waals surface area contributed by atoms with Crippen LogP contribution >= 0.6 is 0 Å². The average Bonchev–Trinajstić information content (AvgIpc) is 2.06. The van der Waals surface area contributed by atoms with Crippen molar-refractivity contribution in [3.05, 3.63) is 0 Å². The van der Waals surface area contributed by atoms with Gasteiger partial charge in [-0.2, -0.15) is 0 Å². The van der Waals surface area contributed by atoms with Gasteiger partial charge in [-0.25, -0.2) is 8.78 Å². The second-order valence-electron chi connectivity index (χ2n) is 2.95. The van der Waals surface area contributed by atoms with E-state index in [4.69, 9.17) is 5.73 Å². The Morgan fingerprint density at radius 2 is 1.83 bits per heavy atom. The van der Waals surface area contributed by atoms with Crippen LogP contribution in [0.25, 0.3) is 0 Å². The third kappa shape index (κ3) is 4.62. The molecular weight excluding hydrogens is 162 g/mol. The van der Waals surface area contributed by atoms with E-state index in [0.29, 0.717) is 0 Å². The van der Waals surface area contributed by atoms with Crippen molar-refractivity contribution in [2.75, 3.05) is 13.1 Å². The van der Waals surface area contributed by atoms with Gasteiger partial charge in [-0.15, -0.1) is 0 Å². The molecule has 0 bridgehead atoms. The summed E-state index contributed by atoms with van der Waals surface area (Å²) in [4.78, 5) is 0. The number of rotatable bonds is 6. The zero-order chi connectivity index (χ0) is 9.61. The maximum atomic E-state index is 12.6. The first-order chi connectivity index (χ1) is 5.55. The van der Waals surface area contributed by atoms with Gasteiger partial charge in [-0.3, -0.25) is 0 Å². The van der Waals surface area contributed by atoms with Crippen LogP contribution in [0.4, 0.5) is 8.78 Å². The van der Waals surface area contributed by atoms with Crippen molar-refractivity contribution in [2.45, 2.75) is 38.7 Å². The van der Waals surface area contributed by atoms with Crippen LogP contribution in [0.15, 0.2) is 0 Å². The summed E-state index contributed by atoms with van der Waals surface area (Å²) in [5, 5.41) is 2.78. The quantitative estimate of drug-likeness (QED) is 0.647. The molecule has 0 aliphatic heterocycles. The molecule has 0 aromatic rings. The van der Waals surface area contributed by atoms with Crippen molar-refractivity contribution in [3.8, 4) is 0 Å². The zero-order valence-electron chi connectivity index (χ0n) is 7.74. The molecule has 0 saturated heterocycles. The smallest absolute Gasteiger partial charge is 0.272 e. The standard InChI is InChI=1S/C8H18F2N2/c1-3-7(4-2)12-6-8(9,10)5-11/h7,12H,3-6,11H2,1-2H3. The second-order valence-corrected chi connectivity index (χ2v) is 2.95. The Kier molecular flexibility index (Phi) is 5.33. The number of halogens is 2. The Morgan fingerprint density at radius 1 is 1.33 bits per heavy atom. The van der Waals surface area contributed by atoms with Gasteiger partial charge >= 0.3 is 0 Å². The fraction of sp³-hybridized carbons (Fsp3) is 1.00. The summed E-state index contributed by atoms with van der Waals surface area (Å²) in [6.07, 6.45) is 1.74. The molecule has 0 aliphatic carbocycles. The van der Waals surface area contributed by atoms with Gasteiger partial charge < -0.3 is 11.1 Å². The Balaban J connectivity index is 3.65. The third-order valence-electron chi connectivity index (χ3n) is 1.93. The fourth-order valence-electron chi connectivity index (χ4n) is 0.943. The lowest BCUT2D eigenvalue weighted by molar-refractivity contribution is 0.00895. The van der Waals surface area contributed by atoms with Gasteiger partial charge in [0.2, 0.25) is 0 Å². The number of hydrogen-bond acceptors (Lipinski definition) is 2. The highest BCUT2D eigenvalue weighted by Gasteiger charge is 2.26. The van der Waals surface area contributed by atoms with Crippen LogP contribution < -0.4 is 11.1 Å². The molecule has 0 aromatic heterocycles. The molecule has 0 unspecified atom stereocenters. The van der Waals surface area contributed by atoms with Crippen LogP contribution in [-0.2, 0) is 0 Å². The van der Waals surface area contributed by atoms with Crippen LogP contribution in [0.3, 0.4) is 0 Å². The first kappa shape index (κ1) is 11.8. The first-order valence-electron chi connectivity index (χ1n) is 4.37. The highest BCUT2D eigenvalue weighted by molar-refractivity contribution is 4.73. The van der Waals surface area contributed by atoms with E-state index in [1.54, 1.807) is 0 Å². The van der Waals surface area contributed by atoms with Crippen LogP contribution in [0, 0.1) is 0 Å². The molecule has 0 rings (SSSR count). The second kappa shape index (κ2) is 5.43. The van der Waals surface area contributed by atoms with Gasteiger partial charge in [-0.1, -0.05) is 13.8 Å². The number of alkyl halides is 2. The predicted molar refractivity (Wildman–Crippen MR) is 46.4 cm³/mol. The molecule has 0 saturated carbocycles. The first-order valence-corrected chi connectivity index (χ1v) is 4.37. The Morgan fingerprint density at radius 3 is 2.17 bits per heavy atom. The zero-order valence-corrected chi connectivity index (χ0v) is 7.74. The van der Waals surface area contributed by atoms with Crippen molar-refractivity contribution >= 4 is 0 Å². The van der Waals surface area contributed by atoms with Crippen molar-refractivity contribution in [1.29, 1.82) is 0 Å². The Bertz CT molecular complexity index is 114.